The van der Waals surface area contributed by atoms with Crippen molar-refractivity contribution >= 4 is 23.2 Å². The molecule has 1 atom stereocenters. The van der Waals surface area contributed by atoms with Crippen molar-refractivity contribution in [3.63, 3.8) is 0 Å². The number of nitrogens with zero attached hydrogens (tertiary/aromatic N) is 1. The van der Waals surface area contributed by atoms with Crippen molar-refractivity contribution in [3.05, 3.63) is 16.1 Å². The number of rotatable bonds is 5. The van der Waals surface area contributed by atoms with Gasteiger partial charge in [0.1, 0.15) is 5.69 Å². The van der Waals surface area contributed by atoms with E-state index in [9.17, 15) is 14.7 Å². The van der Waals surface area contributed by atoms with Gasteiger partial charge in [0.15, 0.2) is 5.54 Å². The van der Waals surface area contributed by atoms with E-state index in [2.05, 4.69) is 10.3 Å². The lowest BCUT2D eigenvalue weighted by molar-refractivity contribution is -0.144. The zero-order valence-electron chi connectivity index (χ0n) is 10.2. The molecule has 1 amide bonds. The summed E-state index contributed by atoms with van der Waals surface area (Å²) in [5, 5.41) is 14.1. The highest BCUT2D eigenvalue weighted by Gasteiger charge is 2.44. The summed E-state index contributed by atoms with van der Waals surface area (Å²) in [5.74, 6) is -1.58. The van der Waals surface area contributed by atoms with Gasteiger partial charge in [-0.3, -0.25) is 4.79 Å². The molecule has 19 heavy (non-hydrogen) atoms. The maximum absolute atomic E-state index is 12.0. The number of nitrogens with one attached hydrogen (secondary N) is 1. The van der Waals surface area contributed by atoms with E-state index in [1.165, 1.54) is 11.3 Å². The lowest BCUT2D eigenvalue weighted by atomic mass is 9.99. The van der Waals surface area contributed by atoms with E-state index in [1.54, 1.807) is 5.38 Å². The first kappa shape index (κ1) is 13.9. The molecule has 1 unspecified atom stereocenters. The van der Waals surface area contributed by atoms with Gasteiger partial charge < -0.3 is 20.9 Å². The molecule has 1 saturated heterocycles. The molecule has 2 heterocycles. The fourth-order valence-electron chi connectivity index (χ4n) is 1.82. The summed E-state index contributed by atoms with van der Waals surface area (Å²) in [6.45, 7) is 0.761. The van der Waals surface area contributed by atoms with Crippen LogP contribution in [0.25, 0.3) is 0 Å². The molecule has 1 fully saturated rings. The van der Waals surface area contributed by atoms with Gasteiger partial charge in [-0.1, -0.05) is 0 Å². The van der Waals surface area contributed by atoms with E-state index in [0.29, 0.717) is 19.6 Å². The van der Waals surface area contributed by atoms with Crippen LogP contribution in [0.1, 0.15) is 21.9 Å². The van der Waals surface area contributed by atoms with Crippen LogP contribution < -0.4 is 11.1 Å². The maximum Gasteiger partial charge on any atom is 0.331 e. The minimum absolute atomic E-state index is 0.0200. The van der Waals surface area contributed by atoms with Crippen molar-refractivity contribution in [2.75, 3.05) is 19.8 Å². The zero-order valence-corrected chi connectivity index (χ0v) is 11.0. The minimum atomic E-state index is -1.34. The Morgan fingerprint density at radius 2 is 2.42 bits per heavy atom. The van der Waals surface area contributed by atoms with Crippen molar-refractivity contribution < 1.29 is 19.4 Å². The number of nitrogens with two attached hydrogens (primary N) is 1. The Kier molecular flexibility index (Phi) is 4.13. The summed E-state index contributed by atoms with van der Waals surface area (Å²) < 4.78 is 5.07. The monoisotopic (exact) mass is 285 g/mol. The fourth-order valence-corrected chi connectivity index (χ4v) is 2.61. The average molecular weight is 285 g/mol. The lowest BCUT2D eigenvalue weighted by Crippen LogP contribution is -2.55. The van der Waals surface area contributed by atoms with Crippen LogP contribution in [-0.2, 0) is 16.0 Å². The number of hydrogen-bond acceptors (Lipinski definition) is 6. The van der Waals surface area contributed by atoms with E-state index in [-0.39, 0.29) is 18.7 Å². The minimum Gasteiger partial charge on any atom is -0.479 e. The Morgan fingerprint density at radius 1 is 1.63 bits per heavy atom. The molecular weight excluding hydrogens is 270 g/mol. The van der Waals surface area contributed by atoms with Gasteiger partial charge in [0, 0.05) is 24.8 Å². The first-order valence-corrected chi connectivity index (χ1v) is 6.73. The Morgan fingerprint density at radius 3 is 3.00 bits per heavy atom. The quantitative estimate of drug-likeness (QED) is 0.679. The smallest absolute Gasteiger partial charge is 0.331 e. The highest BCUT2D eigenvalue weighted by Crippen LogP contribution is 2.20. The first-order chi connectivity index (χ1) is 9.07. The number of carboxylic acid groups (broad SMARTS) is 1. The topological polar surface area (TPSA) is 115 Å². The summed E-state index contributed by atoms with van der Waals surface area (Å²) in [4.78, 5) is 27.4. The van der Waals surface area contributed by atoms with Crippen molar-refractivity contribution in [2.24, 2.45) is 5.73 Å². The molecule has 0 bridgehead atoms. The maximum atomic E-state index is 12.0. The van der Waals surface area contributed by atoms with E-state index in [0.717, 1.165) is 5.01 Å². The van der Waals surface area contributed by atoms with Crippen LogP contribution in [0.2, 0.25) is 0 Å². The molecule has 1 aromatic rings. The van der Waals surface area contributed by atoms with Crippen molar-refractivity contribution in [2.45, 2.75) is 18.4 Å². The van der Waals surface area contributed by atoms with E-state index >= 15 is 0 Å². The fraction of sp³-hybridized carbons (Fsp3) is 0.545. The summed E-state index contributed by atoms with van der Waals surface area (Å²) >= 11 is 1.34. The van der Waals surface area contributed by atoms with Gasteiger partial charge in [-0.25, -0.2) is 9.78 Å². The van der Waals surface area contributed by atoms with Gasteiger partial charge in [-0.2, -0.15) is 0 Å². The number of thiazole rings is 1. The molecule has 0 aromatic carbocycles. The number of ether oxygens (including phenoxy) is 1. The van der Waals surface area contributed by atoms with Gasteiger partial charge in [0.2, 0.25) is 0 Å². The molecule has 1 aromatic heterocycles. The second-order valence-corrected chi connectivity index (χ2v) is 5.25. The molecule has 4 N–H and O–H groups in total. The van der Waals surface area contributed by atoms with Crippen LogP contribution in [0.5, 0.6) is 0 Å². The van der Waals surface area contributed by atoms with Gasteiger partial charge in [-0.05, 0) is 6.54 Å². The lowest BCUT2D eigenvalue weighted by Gasteiger charge is -2.22. The summed E-state index contributed by atoms with van der Waals surface area (Å²) in [5.41, 5.74) is 4.30. The highest BCUT2D eigenvalue weighted by molar-refractivity contribution is 7.09. The zero-order chi connectivity index (χ0) is 13.9. The van der Waals surface area contributed by atoms with Crippen molar-refractivity contribution in [1.82, 2.24) is 10.3 Å². The number of aromatic nitrogens is 1. The number of carboxylic acids is 1. The Labute approximate surface area is 113 Å². The third-order valence-electron chi connectivity index (χ3n) is 2.93. The number of aliphatic carboxylic acids is 1. The molecule has 0 spiro atoms. The molecule has 1 aliphatic heterocycles. The number of hydrogen-bond donors (Lipinski definition) is 3. The standard InChI is InChI=1S/C11H15N3O4S/c12-3-1-8-13-7(5-19-8)9(15)14-11(10(16)17)2-4-18-6-11/h5H,1-4,6,12H2,(H,14,15)(H,16,17). The highest BCUT2D eigenvalue weighted by atomic mass is 32.1. The third kappa shape index (κ3) is 2.91. The number of carbonyl (C=O) groups is 2. The predicted molar refractivity (Wildman–Crippen MR) is 68.1 cm³/mol. The second kappa shape index (κ2) is 5.64. The predicted octanol–water partition coefficient (Wildman–Crippen LogP) is -0.382. The molecule has 0 saturated carbocycles. The van der Waals surface area contributed by atoms with Crippen molar-refractivity contribution in [3.8, 4) is 0 Å². The Bertz CT molecular complexity index is 482. The van der Waals surface area contributed by atoms with Crippen LogP contribution in [0, 0.1) is 0 Å². The van der Waals surface area contributed by atoms with Crippen LogP contribution in [-0.4, -0.2) is 47.3 Å². The summed E-state index contributed by atoms with van der Waals surface area (Å²) in [6, 6.07) is 0. The number of amides is 1. The Hall–Kier alpha value is -1.51. The van der Waals surface area contributed by atoms with Crippen molar-refractivity contribution in [1.29, 1.82) is 0 Å². The van der Waals surface area contributed by atoms with Crippen LogP contribution in [0.15, 0.2) is 5.38 Å². The largest absolute Gasteiger partial charge is 0.479 e. The number of carbonyl (C=O) groups excluding carboxylic acids is 1. The Balaban J connectivity index is 2.08. The average Bonchev–Trinajstić information content (AvgIpc) is 2.99. The summed E-state index contributed by atoms with van der Waals surface area (Å²) in [6.07, 6.45) is 0.860. The van der Waals surface area contributed by atoms with Gasteiger partial charge in [-0.15, -0.1) is 11.3 Å². The third-order valence-corrected chi connectivity index (χ3v) is 3.84. The molecule has 0 radical (unpaired) electrons. The molecule has 104 valence electrons. The molecule has 8 heteroatoms. The van der Waals surface area contributed by atoms with Crippen LogP contribution in [0.3, 0.4) is 0 Å². The molecule has 1 aliphatic rings. The molecule has 7 nitrogen and oxygen atoms in total. The summed E-state index contributed by atoms with van der Waals surface area (Å²) in [7, 11) is 0. The molecule has 2 rings (SSSR count). The van der Waals surface area contributed by atoms with Crippen LogP contribution in [0.4, 0.5) is 0 Å². The van der Waals surface area contributed by atoms with Gasteiger partial charge >= 0.3 is 5.97 Å². The molecule has 0 aliphatic carbocycles. The second-order valence-electron chi connectivity index (χ2n) is 4.31. The first-order valence-electron chi connectivity index (χ1n) is 5.85. The normalized spacial score (nSPS) is 22.4. The molecular formula is C11H15N3O4S. The van der Waals surface area contributed by atoms with E-state index in [4.69, 9.17) is 10.5 Å². The SMILES string of the molecule is NCCc1nc(C(=O)NC2(C(=O)O)CCOC2)cs1. The van der Waals surface area contributed by atoms with E-state index < -0.39 is 17.4 Å². The van der Waals surface area contributed by atoms with Crippen LogP contribution >= 0.6 is 11.3 Å². The van der Waals surface area contributed by atoms with Gasteiger partial charge in [0.05, 0.1) is 11.6 Å². The van der Waals surface area contributed by atoms with E-state index in [1.807, 2.05) is 0 Å². The van der Waals surface area contributed by atoms with Gasteiger partial charge in [0.25, 0.3) is 5.91 Å².